The number of rotatable bonds is 8. The summed E-state index contributed by atoms with van der Waals surface area (Å²) in [6.07, 6.45) is -1.58. The van der Waals surface area contributed by atoms with Gasteiger partial charge in [0.15, 0.2) is 0 Å². The molecule has 0 aliphatic heterocycles. The van der Waals surface area contributed by atoms with Crippen LogP contribution in [0, 0.1) is 17.8 Å². The minimum atomic E-state index is -1.38. The van der Waals surface area contributed by atoms with Gasteiger partial charge in [-0.2, -0.15) is 0 Å². The van der Waals surface area contributed by atoms with Crippen molar-refractivity contribution < 1.29 is 38.5 Å². The highest BCUT2D eigenvalue weighted by molar-refractivity contribution is 5.84. The first-order valence-electron chi connectivity index (χ1n) is 8.81. The number of carbonyl (C=O) groups is 4. The van der Waals surface area contributed by atoms with Crippen molar-refractivity contribution in [2.45, 2.75) is 46.3 Å². The molecule has 1 aliphatic carbocycles. The molecule has 10 nitrogen and oxygen atoms in total. The first-order chi connectivity index (χ1) is 12.5. The highest BCUT2D eigenvalue weighted by atomic mass is 16.6. The van der Waals surface area contributed by atoms with Crippen molar-refractivity contribution in [3.63, 3.8) is 0 Å². The fourth-order valence-corrected chi connectivity index (χ4v) is 2.76. The predicted molar refractivity (Wildman–Crippen MR) is 92.9 cm³/mol. The molecular formula is C17H28N2O8. The normalized spacial score (nSPS) is 22.2. The number of nitrogens with one attached hydrogen (secondary N) is 2. The Kier molecular flexibility index (Phi) is 7.86. The third kappa shape index (κ3) is 6.95. The van der Waals surface area contributed by atoms with Gasteiger partial charge >= 0.3 is 24.1 Å². The average molecular weight is 388 g/mol. The number of amides is 2. The third-order valence-corrected chi connectivity index (χ3v) is 3.84. The summed E-state index contributed by atoms with van der Waals surface area (Å²) in [7, 11) is 0. The molecule has 0 aromatic rings. The van der Waals surface area contributed by atoms with Crippen LogP contribution in [0.3, 0.4) is 0 Å². The molecule has 1 saturated carbocycles. The van der Waals surface area contributed by atoms with E-state index < -0.39 is 53.5 Å². The quantitative estimate of drug-likeness (QED) is 0.415. The maximum atomic E-state index is 12.1. The number of carbonyl (C=O) groups excluding carboxylic acids is 3. The Bertz CT molecular complexity index is 572. The number of alkyl carbamates (subject to hydrolysis) is 2. The lowest BCUT2D eigenvalue weighted by molar-refractivity contribution is -0.146. The summed E-state index contributed by atoms with van der Waals surface area (Å²) >= 11 is 0. The topological polar surface area (TPSA) is 140 Å². The smallest absolute Gasteiger partial charge is 0.408 e. The van der Waals surface area contributed by atoms with Gasteiger partial charge in [0.05, 0.1) is 19.1 Å². The maximum Gasteiger partial charge on any atom is 0.408 e. The summed E-state index contributed by atoms with van der Waals surface area (Å²) in [5, 5.41) is 14.2. The van der Waals surface area contributed by atoms with Gasteiger partial charge in [-0.3, -0.25) is 4.79 Å². The van der Waals surface area contributed by atoms with Crippen molar-refractivity contribution >= 4 is 24.1 Å². The Morgan fingerprint density at radius 1 is 1.07 bits per heavy atom. The maximum absolute atomic E-state index is 12.1. The summed E-state index contributed by atoms with van der Waals surface area (Å²) in [5.41, 5.74) is -0.808. The van der Waals surface area contributed by atoms with Crippen molar-refractivity contribution in [2.75, 3.05) is 19.8 Å². The molecule has 0 radical (unpaired) electrons. The fraction of sp³-hybridized carbons (Fsp3) is 0.765. The van der Waals surface area contributed by atoms with Crippen LogP contribution in [-0.4, -0.2) is 60.6 Å². The van der Waals surface area contributed by atoms with Crippen molar-refractivity contribution in [1.29, 1.82) is 0 Å². The van der Waals surface area contributed by atoms with Gasteiger partial charge in [0.1, 0.15) is 11.6 Å². The van der Waals surface area contributed by atoms with Crippen LogP contribution in [0.2, 0.25) is 0 Å². The van der Waals surface area contributed by atoms with Crippen LogP contribution >= 0.6 is 0 Å². The van der Waals surface area contributed by atoms with E-state index in [1.807, 2.05) is 0 Å². The molecular weight excluding hydrogens is 360 g/mol. The highest BCUT2D eigenvalue weighted by Crippen LogP contribution is 2.49. The largest absolute Gasteiger partial charge is 0.480 e. The number of carboxylic acid groups (broad SMARTS) is 1. The monoisotopic (exact) mass is 388 g/mol. The van der Waals surface area contributed by atoms with Crippen LogP contribution in [0.5, 0.6) is 0 Å². The second kappa shape index (κ2) is 9.43. The Labute approximate surface area is 157 Å². The SMILES string of the molecule is CCNC(=O)OCC1C(C(=O)OCC)C1C(NC(=O)OC(C)(C)C)C(=O)O. The third-order valence-electron chi connectivity index (χ3n) is 3.84. The van der Waals surface area contributed by atoms with Gasteiger partial charge in [0.2, 0.25) is 0 Å². The average Bonchev–Trinajstić information content (AvgIpc) is 3.23. The molecule has 3 N–H and O–H groups in total. The van der Waals surface area contributed by atoms with Gasteiger partial charge in [0.25, 0.3) is 0 Å². The van der Waals surface area contributed by atoms with Gasteiger partial charge in [0, 0.05) is 18.4 Å². The van der Waals surface area contributed by atoms with E-state index in [0.29, 0.717) is 6.54 Å². The van der Waals surface area contributed by atoms with Gasteiger partial charge in [-0.05, 0) is 34.6 Å². The molecule has 0 aromatic carbocycles. The minimum Gasteiger partial charge on any atom is -0.480 e. The Morgan fingerprint density at radius 2 is 1.70 bits per heavy atom. The molecule has 0 bridgehead atoms. The molecule has 1 aliphatic rings. The van der Waals surface area contributed by atoms with Crippen molar-refractivity contribution in [3.8, 4) is 0 Å². The molecule has 0 saturated heterocycles. The molecule has 0 aromatic heterocycles. The van der Waals surface area contributed by atoms with E-state index in [-0.39, 0.29) is 13.2 Å². The lowest BCUT2D eigenvalue weighted by atomic mass is 10.1. The number of esters is 1. The zero-order valence-electron chi connectivity index (χ0n) is 16.2. The number of hydrogen-bond donors (Lipinski definition) is 3. The number of hydrogen-bond acceptors (Lipinski definition) is 7. The van der Waals surface area contributed by atoms with Crippen LogP contribution in [-0.2, 0) is 23.8 Å². The van der Waals surface area contributed by atoms with Gasteiger partial charge in [-0.15, -0.1) is 0 Å². The lowest BCUT2D eigenvalue weighted by Crippen LogP contribution is -2.45. The van der Waals surface area contributed by atoms with E-state index in [4.69, 9.17) is 14.2 Å². The summed E-state index contributed by atoms with van der Waals surface area (Å²) in [5.74, 6) is -4.06. The Hall–Kier alpha value is -2.52. The van der Waals surface area contributed by atoms with E-state index in [2.05, 4.69) is 10.6 Å². The van der Waals surface area contributed by atoms with Crippen LogP contribution in [0.1, 0.15) is 34.6 Å². The zero-order chi connectivity index (χ0) is 20.8. The second-order valence-electron chi connectivity index (χ2n) is 7.11. The van der Waals surface area contributed by atoms with Crippen LogP contribution in [0.15, 0.2) is 0 Å². The number of ether oxygens (including phenoxy) is 3. The molecule has 10 heteroatoms. The van der Waals surface area contributed by atoms with Crippen molar-refractivity contribution in [2.24, 2.45) is 17.8 Å². The second-order valence-corrected chi connectivity index (χ2v) is 7.11. The molecule has 1 fully saturated rings. The van der Waals surface area contributed by atoms with E-state index in [9.17, 15) is 24.3 Å². The Morgan fingerprint density at radius 3 is 2.19 bits per heavy atom. The summed E-state index contributed by atoms with van der Waals surface area (Å²) in [4.78, 5) is 47.2. The first kappa shape index (κ1) is 22.5. The van der Waals surface area contributed by atoms with E-state index in [1.165, 1.54) is 0 Å². The van der Waals surface area contributed by atoms with E-state index in [1.54, 1.807) is 34.6 Å². The molecule has 4 atom stereocenters. The van der Waals surface area contributed by atoms with Crippen molar-refractivity contribution in [3.05, 3.63) is 0 Å². The standard InChI is InChI=1S/C17H28N2O8/c1-6-18-15(23)26-8-9-10(11(9)14(22)25-7-2)12(13(20)21)19-16(24)27-17(3,4)5/h9-12H,6-8H2,1-5H3,(H,18,23)(H,19,24)(H,20,21). The number of aliphatic carboxylic acids is 1. The van der Waals surface area contributed by atoms with E-state index >= 15 is 0 Å². The molecule has 2 amide bonds. The predicted octanol–water partition coefficient (Wildman–Crippen LogP) is 1.14. The molecule has 0 heterocycles. The first-order valence-corrected chi connectivity index (χ1v) is 8.81. The van der Waals surface area contributed by atoms with Crippen LogP contribution < -0.4 is 10.6 Å². The lowest BCUT2D eigenvalue weighted by Gasteiger charge is -2.22. The van der Waals surface area contributed by atoms with Crippen LogP contribution in [0.4, 0.5) is 9.59 Å². The molecule has 1 rings (SSSR count). The van der Waals surface area contributed by atoms with Gasteiger partial charge in [-0.1, -0.05) is 0 Å². The fourth-order valence-electron chi connectivity index (χ4n) is 2.76. The summed E-state index contributed by atoms with van der Waals surface area (Å²) < 4.78 is 15.1. The van der Waals surface area contributed by atoms with Crippen molar-refractivity contribution in [1.82, 2.24) is 10.6 Å². The molecule has 0 spiro atoms. The van der Waals surface area contributed by atoms with Gasteiger partial charge < -0.3 is 30.0 Å². The molecule has 4 unspecified atom stereocenters. The van der Waals surface area contributed by atoms with Crippen LogP contribution in [0.25, 0.3) is 0 Å². The highest BCUT2D eigenvalue weighted by Gasteiger charge is 2.62. The molecule has 154 valence electrons. The van der Waals surface area contributed by atoms with E-state index in [0.717, 1.165) is 0 Å². The summed E-state index contributed by atoms with van der Waals surface area (Å²) in [6.45, 7) is 8.60. The van der Waals surface area contributed by atoms with Gasteiger partial charge in [-0.25, -0.2) is 14.4 Å². The summed E-state index contributed by atoms with van der Waals surface area (Å²) in [6, 6.07) is -1.38. The number of carboxylic acids is 1. The minimum absolute atomic E-state index is 0.128. The Balaban J connectivity index is 2.85. The zero-order valence-corrected chi connectivity index (χ0v) is 16.2. The molecule has 27 heavy (non-hydrogen) atoms.